The van der Waals surface area contributed by atoms with Crippen molar-refractivity contribution in [2.24, 2.45) is 0 Å². The summed E-state index contributed by atoms with van der Waals surface area (Å²) in [4.78, 5) is 2.49. The monoisotopic (exact) mass is 809 g/mol. The second kappa shape index (κ2) is 13.3. The minimum Gasteiger partial charge on any atom is -0.455 e. The van der Waals surface area contributed by atoms with E-state index in [1.54, 1.807) is 0 Å². The first kappa shape index (κ1) is 35.3. The van der Waals surface area contributed by atoms with E-state index in [2.05, 4.69) is 219 Å². The molecule has 0 fully saturated rings. The Kier molecular flexibility index (Phi) is 7.56. The number of para-hydroxylation sites is 1. The number of rotatable bonds is 5. The highest BCUT2D eigenvalue weighted by Crippen LogP contribution is 2.56. The van der Waals surface area contributed by atoms with Gasteiger partial charge in [-0.1, -0.05) is 159 Å². The minimum atomic E-state index is -0.155. The van der Waals surface area contributed by atoms with Gasteiger partial charge in [0.15, 0.2) is 0 Å². The zero-order chi connectivity index (χ0) is 41.1. The number of anilines is 3. The van der Waals surface area contributed by atoms with Gasteiger partial charge in [0.1, 0.15) is 11.2 Å². The topological polar surface area (TPSA) is 16.4 Å². The van der Waals surface area contributed by atoms with Crippen LogP contribution in [-0.4, -0.2) is 0 Å². The van der Waals surface area contributed by atoms with E-state index in [9.17, 15) is 0 Å². The molecule has 292 valence electrons. The number of fused-ring (bicyclic) bond motifs is 12. The lowest BCUT2D eigenvalue weighted by Crippen LogP contribution is -2.16. The summed E-state index contributed by atoms with van der Waals surface area (Å²) in [6, 6.07) is 73.6. The van der Waals surface area contributed by atoms with Crippen LogP contribution in [0.15, 0.2) is 205 Å². The van der Waals surface area contributed by atoms with Crippen molar-refractivity contribution < 1.29 is 4.42 Å². The molecule has 1 aliphatic rings. The summed E-state index contributed by atoms with van der Waals surface area (Å²) in [5.41, 5.74) is 14.9. The summed E-state index contributed by atoms with van der Waals surface area (Å²) in [5.74, 6) is 0. The zero-order valence-corrected chi connectivity index (χ0v) is 35.1. The average Bonchev–Trinajstić information content (AvgIpc) is 3.98. The van der Waals surface area contributed by atoms with E-state index in [1.807, 2.05) is 11.3 Å². The van der Waals surface area contributed by atoms with Crippen LogP contribution in [0, 0.1) is 0 Å². The van der Waals surface area contributed by atoms with Gasteiger partial charge < -0.3 is 9.32 Å². The standard InChI is InChI=1S/C59H39NOS/c1-59(2)48-23-10-7-19-44(48)56-49(59)24-14-25-50(56)60(38-31-29-36(30-32-38)40-22-13-28-54-55(40)46-21-9-12-27-53(46)62-54)51-34-33-43(58-57(51)45-20-8-11-26-52(45)61-58)47-35-37-15-3-4-16-39(37)41-17-5-6-18-42(41)47/h3-35H,1-2H3. The quantitative estimate of drug-likeness (QED) is 0.161. The van der Waals surface area contributed by atoms with Crippen LogP contribution in [-0.2, 0) is 5.41 Å². The first-order valence-corrected chi connectivity index (χ1v) is 22.2. The lowest BCUT2D eigenvalue weighted by molar-refractivity contribution is 0.660. The van der Waals surface area contributed by atoms with Crippen molar-refractivity contribution in [3.05, 3.63) is 211 Å². The third-order valence-electron chi connectivity index (χ3n) is 13.5. The second-order valence-corrected chi connectivity index (χ2v) is 18.2. The molecular weight excluding hydrogens is 771 g/mol. The first-order valence-electron chi connectivity index (χ1n) is 21.4. The van der Waals surface area contributed by atoms with Crippen molar-refractivity contribution >= 4 is 92.1 Å². The molecule has 0 radical (unpaired) electrons. The fraction of sp³-hybridized carbons (Fsp3) is 0.0508. The molecule has 0 unspecified atom stereocenters. The summed E-state index contributed by atoms with van der Waals surface area (Å²) in [7, 11) is 0. The lowest BCUT2D eigenvalue weighted by atomic mass is 9.82. The molecule has 0 aliphatic heterocycles. The number of hydrogen-bond donors (Lipinski definition) is 0. The van der Waals surface area contributed by atoms with Crippen LogP contribution < -0.4 is 4.90 Å². The molecule has 0 amide bonds. The molecule has 62 heavy (non-hydrogen) atoms. The fourth-order valence-corrected chi connectivity index (χ4v) is 11.8. The van der Waals surface area contributed by atoms with Crippen molar-refractivity contribution in [1.29, 1.82) is 0 Å². The molecule has 0 bridgehead atoms. The lowest BCUT2D eigenvalue weighted by Gasteiger charge is -2.30. The van der Waals surface area contributed by atoms with Gasteiger partial charge in [-0.25, -0.2) is 0 Å². The molecule has 0 atom stereocenters. The van der Waals surface area contributed by atoms with E-state index in [4.69, 9.17) is 4.42 Å². The molecule has 2 heterocycles. The van der Waals surface area contributed by atoms with Crippen LogP contribution in [0.25, 0.3) is 97.0 Å². The number of nitrogens with zero attached hydrogens (tertiary/aromatic N) is 1. The van der Waals surface area contributed by atoms with Crippen molar-refractivity contribution in [2.75, 3.05) is 4.90 Å². The highest BCUT2D eigenvalue weighted by atomic mass is 32.1. The van der Waals surface area contributed by atoms with Gasteiger partial charge in [-0.3, -0.25) is 0 Å². The Bertz CT molecular complexity index is 3790. The number of furan rings is 1. The molecule has 13 rings (SSSR count). The average molecular weight is 810 g/mol. The maximum atomic E-state index is 7.06. The molecular formula is C59H39NOS. The molecule has 10 aromatic carbocycles. The van der Waals surface area contributed by atoms with Gasteiger partial charge >= 0.3 is 0 Å². The van der Waals surface area contributed by atoms with Gasteiger partial charge in [0.05, 0.1) is 16.8 Å². The maximum absolute atomic E-state index is 7.06. The van der Waals surface area contributed by atoms with Crippen LogP contribution in [0.4, 0.5) is 17.1 Å². The molecule has 0 saturated carbocycles. The van der Waals surface area contributed by atoms with Gasteiger partial charge in [-0.05, 0) is 110 Å². The van der Waals surface area contributed by atoms with Crippen LogP contribution in [0.5, 0.6) is 0 Å². The molecule has 12 aromatic rings. The summed E-state index contributed by atoms with van der Waals surface area (Å²) in [6.45, 7) is 4.72. The smallest absolute Gasteiger partial charge is 0.145 e. The van der Waals surface area contributed by atoms with Crippen LogP contribution in [0.1, 0.15) is 25.0 Å². The molecule has 2 aromatic heterocycles. The summed E-state index contributed by atoms with van der Waals surface area (Å²) in [6.07, 6.45) is 0. The number of thiophene rings is 1. The van der Waals surface area contributed by atoms with Crippen molar-refractivity contribution in [2.45, 2.75) is 19.3 Å². The zero-order valence-electron chi connectivity index (χ0n) is 34.3. The Balaban J connectivity index is 1.09. The fourth-order valence-electron chi connectivity index (χ4n) is 10.6. The van der Waals surface area contributed by atoms with E-state index < -0.39 is 0 Å². The van der Waals surface area contributed by atoms with Gasteiger partial charge in [0.25, 0.3) is 0 Å². The summed E-state index contributed by atoms with van der Waals surface area (Å²) < 4.78 is 9.69. The van der Waals surface area contributed by atoms with E-state index in [0.29, 0.717) is 0 Å². The first-order chi connectivity index (χ1) is 30.5. The highest BCUT2D eigenvalue weighted by Gasteiger charge is 2.38. The molecule has 0 saturated heterocycles. The number of benzene rings is 10. The molecule has 2 nitrogen and oxygen atoms in total. The Morgan fingerprint density at radius 1 is 0.435 bits per heavy atom. The molecule has 3 heteroatoms. The Hall–Kier alpha value is -7.46. The van der Waals surface area contributed by atoms with Crippen molar-refractivity contribution in [3.63, 3.8) is 0 Å². The van der Waals surface area contributed by atoms with E-state index in [0.717, 1.165) is 50.1 Å². The third-order valence-corrected chi connectivity index (χ3v) is 14.6. The maximum Gasteiger partial charge on any atom is 0.145 e. The van der Waals surface area contributed by atoms with Crippen LogP contribution >= 0.6 is 11.3 Å². The third kappa shape index (κ3) is 5.03. The van der Waals surface area contributed by atoms with Gasteiger partial charge in [-0.2, -0.15) is 0 Å². The number of hydrogen-bond acceptors (Lipinski definition) is 3. The summed E-state index contributed by atoms with van der Waals surface area (Å²) >= 11 is 1.86. The highest BCUT2D eigenvalue weighted by molar-refractivity contribution is 7.25. The van der Waals surface area contributed by atoms with Crippen molar-refractivity contribution in [1.82, 2.24) is 0 Å². The van der Waals surface area contributed by atoms with E-state index in [1.165, 1.54) is 75.1 Å². The largest absolute Gasteiger partial charge is 0.455 e. The van der Waals surface area contributed by atoms with Crippen molar-refractivity contribution in [3.8, 4) is 33.4 Å². The van der Waals surface area contributed by atoms with Gasteiger partial charge in [0.2, 0.25) is 0 Å². The summed E-state index contributed by atoms with van der Waals surface area (Å²) in [5, 5.41) is 9.73. The SMILES string of the molecule is CC1(C)c2ccccc2-c2c(N(c3ccc(-c4cccc5sc6ccccc6c45)cc3)c3ccc(-c4cc5ccccc5c5ccccc45)c4oc5ccccc5c34)cccc21. The second-order valence-electron chi connectivity index (χ2n) is 17.2. The van der Waals surface area contributed by atoms with Crippen LogP contribution in [0.3, 0.4) is 0 Å². The molecule has 1 aliphatic carbocycles. The Morgan fingerprint density at radius 3 is 1.97 bits per heavy atom. The van der Waals surface area contributed by atoms with E-state index >= 15 is 0 Å². The normalized spacial score (nSPS) is 13.1. The molecule has 0 spiro atoms. The van der Waals surface area contributed by atoms with E-state index in [-0.39, 0.29) is 5.41 Å². The predicted molar refractivity (Wildman–Crippen MR) is 265 cm³/mol. The van der Waals surface area contributed by atoms with Gasteiger partial charge in [-0.15, -0.1) is 11.3 Å². The Morgan fingerprint density at radius 2 is 1.10 bits per heavy atom. The minimum absolute atomic E-state index is 0.155. The van der Waals surface area contributed by atoms with Gasteiger partial charge in [0, 0.05) is 47.8 Å². The Labute approximate surface area is 363 Å². The van der Waals surface area contributed by atoms with Crippen LogP contribution in [0.2, 0.25) is 0 Å². The predicted octanol–water partition coefficient (Wildman–Crippen LogP) is 17.4. The molecule has 0 N–H and O–H groups in total.